The van der Waals surface area contributed by atoms with Gasteiger partial charge in [-0.1, -0.05) is 12.1 Å². The van der Waals surface area contributed by atoms with E-state index in [4.69, 9.17) is 5.73 Å². The van der Waals surface area contributed by atoms with Gasteiger partial charge in [-0.3, -0.25) is 14.3 Å². The molecule has 132 valence electrons. The minimum atomic E-state index is -3.73. The van der Waals surface area contributed by atoms with Gasteiger partial charge in [0, 0.05) is 11.3 Å². The topological polar surface area (TPSA) is 118 Å². The number of carbonyl (C=O) groups is 2. The number of primary amides is 1. The summed E-state index contributed by atoms with van der Waals surface area (Å²) in [5.74, 6) is -1.12. The van der Waals surface area contributed by atoms with E-state index in [0.29, 0.717) is 11.3 Å². The molecule has 0 aliphatic carbocycles. The summed E-state index contributed by atoms with van der Waals surface area (Å²) in [4.78, 5) is 22.7. The number of amides is 2. The normalized spacial score (nSPS) is 11.0. The van der Waals surface area contributed by atoms with Crippen LogP contribution in [0.2, 0.25) is 0 Å². The van der Waals surface area contributed by atoms with Crippen LogP contribution < -0.4 is 15.8 Å². The molecule has 7 nitrogen and oxygen atoms in total. The molecule has 0 spiro atoms. The van der Waals surface area contributed by atoms with Crippen LogP contribution in [0.1, 0.15) is 21.5 Å². The lowest BCUT2D eigenvalue weighted by Gasteiger charge is -2.11. The van der Waals surface area contributed by atoms with Gasteiger partial charge < -0.3 is 11.1 Å². The molecule has 0 saturated heterocycles. The Bertz CT molecular complexity index is 906. The van der Waals surface area contributed by atoms with Crippen LogP contribution in [0.25, 0.3) is 0 Å². The van der Waals surface area contributed by atoms with Gasteiger partial charge in [0.15, 0.2) is 0 Å². The molecule has 0 aliphatic rings. The minimum Gasteiger partial charge on any atom is -0.368 e. The van der Waals surface area contributed by atoms with Crippen molar-refractivity contribution in [2.75, 3.05) is 11.3 Å². The molecule has 8 heteroatoms. The summed E-state index contributed by atoms with van der Waals surface area (Å²) in [6.07, 6.45) is 0. The molecular formula is C17H19N3O4S. The zero-order chi connectivity index (χ0) is 18.6. The molecule has 0 aliphatic heterocycles. The highest BCUT2D eigenvalue weighted by Gasteiger charge is 2.17. The van der Waals surface area contributed by atoms with E-state index in [1.807, 2.05) is 13.0 Å². The van der Waals surface area contributed by atoms with Crippen LogP contribution in [-0.2, 0) is 14.8 Å². The van der Waals surface area contributed by atoms with E-state index in [9.17, 15) is 18.0 Å². The van der Waals surface area contributed by atoms with Crippen molar-refractivity contribution in [2.45, 2.75) is 18.7 Å². The molecule has 0 unspecified atom stereocenters. The van der Waals surface area contributed by atoms with Crippen LogP contribution in [0.3, 0.4) is 0 Å². The van der Waals surface area contributed by atoms with E-state index in [0.717, 1.165) is 5.56 Å². The summed E-state index contributed by atoms with van der Waals surface area (Å²) in [5, 5.41) is 2.35. The van der Waals surface area contributed by atoms with Crippen molar-refractivity contribution in [1.82, 2.24) is 5.32 Å². The molecule has 0 fully saturated rings. The van der Waals surface area contributed by atoms with E-state index in [1.54, 1.807) is 19.1 Å². The maximum absolute atomic E-state index is 12.5. The number of benzene rings is 2. The molecule has 0 heterocycles. The number of hydrogen-bond acceptors (Lipinski definition) is 4. The first-order chi connectivity index (χ1) is 11.7. The Kier molecular flexibility index (Phi) is 5.43. The number of anilines is 1. The summed E-state index contributed by atoms with van der Waals surface area (Å²) in [7, 11) is -3.73. The van der Waals surface area contributed by atoms with Crippen molar-refractivity contribution in [3.63, 3.8) is 0 Å². The molecule has 4 N–H and O–H groups in total. The molecule has 2 rings (SSSR count). The Balaban J connectivity index is 2.16. The molecule has 0 radical (unpaired) electrons. The van der Waals surface area contributed by atoms with Crippen LogP contribution in [0.15, 0.2) is 47.4 Å². The van der Waals surface area contributed by atoms with Crippen LogP contribution in [0, 0.1) is 13.8 Å². The molecule has 0 saturated carbocycles. The third-order valence-electron chi connectivity index (χ3n) is 3.46. The average Bonchev–Trinajstić information content (AvgIpc) is 2.55. The third-order valence-corrected chi connectivity index (χ3v) is 4.98. The van der Waals surface area contributed by atoms with Crippen LogP contribution in [0.5, 0.6) is 0 Å². The zero-order valence-corrected chi connectivity index (χ0v) is 14.7. The summed E-state index contributed by atoms with van der Waals surface area (Å²) >= 11 is 0. The summed E-state index contributed by atoms with van der Waals surface area (Å²) in [6, 6.07) is 11.0. The first-order valence-corrected chi connectivity index (χ1v) is 8.94. The van der Waals surface area contributed by atoms with E-state index >= 15 is 0 Å². The Labute approximate surface area is 146 Å². The lowest BCUT2D eigenvalue weighted by molar-refractivity contribution is -0.117. The highest BCUT2D eigenvalue weighted by Crippen LogP contribution is 2.21. The lowest BCUT2D eigenvalue weighted by Crippen LogP contribution is -2.33. The minimum absolute atomic E-state index is 0.204. The van der Waals surface area contributed by atoms with E-state index in [1.165, 1.54) is 24.3 Å². The molecule has 0 aromatic heterocycles. The van der Waals surface area contributed by atoms with Crippen LogP contribution >= 0.6 is 0 Å². The highest BCUT2D eigenvalue weighted by molar-refractivity contribution is 7.92. The SMILES string of the molecule is Cc1ccc(C)c(S(=O)(=O)Nc2ccc(C(=O)NCC(N)=O)cc2)c1. The second-order valence-electron chi connectivity index (χ2n) is 5.60. The highest BCUT2D eigenvalue weighted by atomic mass is 32.2. The standard InChI is InChI=1S/C17H19N3O4S/c1-11-3-4-12(2)15(9-11)25(23,24)20-14-7-5-13(6-8-14)17(22)19-10-16(18)21/h3-9,20H,10H2,1-2H3,(H2,18,21)(H,19,22). The number of rotatable bonds is 6. The maximum Gasteiger partial charge on any atom is 0.262 e. The zero-order valence-electron chi connectivity index (χ0n) is 13.9. The molecule has 2 aromatic carbocycles. The first-order valence-electron chi connectivity index (χ1n) is 7.46. The first kappa shape index (κ1) is 18.5. The number of carbonyl (C=O) groups excluding carboxylic acids is 2. The molecule has 2 aromatic rings. The summed E-state index contributed by atoms with van der Waals surface area (Å²) in [5.41, 5.74) is 7.05. The van der Waals surface area contributed by atoms with Crippen molar-refractivity contribution >= 4 is 27.5 Å². The van der Waals surface area contributed by atoms with Gasteiger partial charge in [-0.05, 0) is 55.3 Å². The van der Waals surface area contributed by atoms with Crippen molar-refractivity contribution in [2.24, 2.45) is 5.73 Å². The van der Waals surface area contributed by atoms with Gasteiger partial charge in [-0.25, -0.2) is 8.42 Å². The monoisotopic (exact) mass is 361 g/mol. The summed E-state index contributed by atoms with van der Waals surface area (Å²) < 4.78 is 27.5. The Morgan fingerprint density at radius 2 is 1.68 bits per heavy atom. The molecule has 0 bridgehead atoms. The lowest BCUT2D eigenvalue weighted by atomic mass is 10.2. The summed E-state index contributed by atoms with van der Waals surface area (Å²) in [6.45, 7) is 3.28. The quantitative estimate of drug-likeness (QED) is 0.719. The predicted molar refractivity (Wildman–Crippen MR) is 94.7 cm³/mol. The molecular weight excluding hydrogens is 342 g/mol. The largest absolute Gasteiger partial charge is 0.368 e. The predicted octanol–water partition coefficient (Wildman–Crippen LogP) is 1.32. The smallest absolute Gasteiger partial charge is 0.262 e. The van der Waals surface area contributed by atoms with E-state index in [2.05, 4.69) is 10.0 Å². The van der Waals surface area contributed by atoms with Gasteiger partial charge in [0.05, 0.1) is 11.4 Å². The molecule has 0 atom stereocenters. The van der Waals surface area contributed by atoms with Crippen molar-refractivity contribution in [3.8, 4) is 0 Å². The Morgan fingerprint density at radius 1 is 1.04 bits per heavy atom. The van der Waals surface area contributed by atoms with Gasteiger partial charge >= 0.3 is 0 Å². The number of sulfonamides is 1. The number of nitrogens with one attached hydrogen (secondary N) is 2. The number of aryl methyl sites for hydroxylation is 2. The van der Waals surface area contributed by atoms with Crippen LogP contribution in [-0.4, -0.2) is 26.8 Å². The average molecular weight is 361 g/mol. The Hall–Kier alpha value is -2.87. The fourth-order valence-corrected chi connectivity index (χ4v) is 3.56. The second-order valence-corrected chi connectivity index (χ2v) is 7.25. The van der Waals surface area contributed by atoms with Gasteiger partial charge in [-0.2, -0.15) is 0 Å². The molecule has 2 amide bonds. The van der Waals surface area contributed by atoms with E-state index < -0.39 is 21.8 Å². The van der Waals surface area contributed by atoms with Crippen molar-refractivity contribution in [1.29, 1.82) is 0 Å². The van der Waals surface area contributed by atoms with Gasteiger partial charge in [-0.15, -0.1) is 0 Å². The van der Waals surface area contributed by atoms with Crippen LogP contribution in [0.4, 0.5) is 5.69 Å². The maximum atomic E-state index is 12.5. The fraction of sp³-hybridized carbons (Fsp3) is 0.176. The van der Waals surface area contributed by atoms with Crippen molar-refractivity contribution in [3.05, 3.63) is 59.2 Å². The molecule has 25 heavy (non-hydrogen) atoms. The Morgan fingerprint density at radius 3 is 2.28 bits per heavy atom. The van der Waals surface area contributed by atoms with Gasteiger partial charge in [0.1, 0.15) is 0 Å². The van der Waals surface area contributed by atoms with Gasteiger partial charge in [0.25, 0.3) is 15.9 Å². The van der Waals surface area contributed by atoms with Crippen molar-refractivity contribution < 1.29 is 18.0 Å². The third kappa shape index (κ3) is 4.80. The fourth-order valence-electron chi connectivity index (χ4n) is 2.17. The number of hydrogen-bond donors (Lipinski definition) is 3. The van der Waals surface area contributed by atoms with E-state index in [-0.39, 0.29) is 17.0 Å². The van der Waals surface area contributed by atoms with Gasteiger partial charge in [0.2, 0.25) is 5.91 Å². The second kappa shape index (κ2) is 7.35. The number of nitrogens with two attached hydrogens (primary N) is 1.